The van der Waals surface area contributed by atoms with E-state index < -0.39 is 5.97 Å². The molecule has 0 aliphatic heterocycles. The molecule has 2 unspecified atom stereocenters. The van der Waals surface area contributed by atoms with Gasteiger partial charge in [0.25, 0.3) is 0 Å². The summed E-state index contributed by atoms with van der Waals surface area (Å²) in [6.07, 6.45) is 6.47. The minimum absolute atomic E-state index is 0.152. The molecule has 2 aliphatic carbocycles. The number of aliphatic carboxylic acids is 1. The van der Waals surface area contributed by atoms with E-state index >= 15 is 0 Å². The molecule has 2 aliphatic rings. The lowest BCUT2D eigenvalue weighted by Gasteiger charge is -2.25. The zero-order valence-corrected chi connectivity index (χ0v) is 16.6. The zero-order chi connectivity index (χ0) is 19.0. The van der Waals surface area contributed by atoms with Crippen LogP contribution in [0, 0.1) is 19.8 Å². The van der Waals surface area contributed by atoms with Gasteiger partial charge in [0.1, 0.15) is 17.4 Å². The maximum absolute atomic E-state index is 11.2. The summed E-state index contributed by atoms with van der Waals surface area (Å²) in [5, 5.41) is 11.0. The molecule has 142 valence electrons. The molecular formula is C22H25NO3S. The van der Waals surface area contributed by atoms with Crippen LogP contribution in [0.2, 0.25) is 0 Å². The van der Waals surface area contributed by atoms with Crippen molar-refractivity contribution < 1.29 is 14.6 Å². The van der Waals surface area contributed by atoms with E-state index in [1.807, 2.05) is 36.2 Å². The lowest BCUT2D eigenvalue weighted by Crippen LogP contribution is -2.14. The lowest BCUT2D eigenvalue weighted by atomic mass is 9.98. The first-order chi connectivity index (χ1) is 13.0. The Bertz CT molecular complexity index is 863. The number of carbonyl (C=O) groups is 1. The number of nitrogens with zero attached hydrogens (tertiary/aromatic N) is 1. The molecule has 2 atom stereocenters. The largest absolute Gasteiger partial charge is 0.489 e. The summed E-state index contributed by atoms with van der Waals surface area (Å²) in [6, 6.07) is 8.08. The highest BCUT2D eigenvalue weighted by Crippen LogP contribution is 2.49. The second kappa shape index (κ2) is 7.55. The van der Waals surface area contributed by atoms with Gasteiger partial charge in [-0.25, -0.2) is 4.98 Å². The fourth-order valence-corrected chi connectivity index (χ4v) is 4.91. The molecule has 1 aromatic carbocycles. The first-order valence-corrected chi connectivity index (χ1v) is 10.5. The van der Waals surface area contributed by atoms with Crippen molar-refractivity contribution in [2.45, 2.75) is 62.3 Å². The maximum atomic E-state index is 11.2. The van der Waals surface area contributed by atoms with Gasteiger partial charge in [-0.3, -0.25) is 4.79 Å². The van der Waals surface area contributed by atoms with Gasteiger partial charge in [0.15, 0.2) is 0 Å². The molecule has 1 aromatic heterocycles. The Morgan fingerprint density at radius 3 is 2.74 bits per heavy atom. The van der Waals surface area contributed by atoms with Gasteiger partial charge in [-0.05, 0) is 67.9 Å². The van der Waals surface area contributed by atoms with Crippen molar-refractivity contribution in [3.8, 4) is 5.75 Å². The van der Waals surface area contributed by atoms with E-state index in [9.17, 15) is 9.90 Å². The monoisotopic (exact) mass is 383 g/mol. The average molecular weight is 384 g/mol. The third-order valence-corrected chi connectivity index (χ3v) is 7.25. The molecule has 0 spiro atoms. The van der Waals surface area contributed by atoms with Crippen LogP contribution >= 0.6 is 11.8 Å². The van der Waals surface area contributed by atoms with Crippen molar-refractivity contribution >= 4 is 17.7 Å². The Labute approximate surface area is 164 Å². The van der Waals surface area contributed by atoms with Gasteiger partial charge in [0, 0.05) is 17.0 Å². The van der Waals surface area contributed by atoms with Crippen LogP contribution < -0.4 is 4.74 Å². The summed E-state index contributed by atoms with van der Waals surface area (Å²) >= 11 is 1.87. The van der Waals surface area contributed by atoms with E-state index in [0.29, 0.717) is 11.9 Å². The summed E-state index contributed by atoms with van der Waals surface area (Å²) in [5.41, 5.74) is 4.52. The molecule has 2 saturated carbocycles. The molecule has 4 rings (SSSR count). The first kappa shape index (κ1) is 18.4. The molecule has 4 nitrogen and oxygen atoms in total. The molecule has 2 fully saturated rings. The summed E-state index contributed by atoms with van der Waals surface area (Å²) in [4.78, 5) is 15.7. The molecule has 0 radical (unpaired) electrons. The molecular weight excluding hydrogens is 358 g/mol. The average Bonchev–Trinajstić information content (AvgIpc) is 3.41. The number of benzene rings is 1. The van der Waals surface area contributed by atoms with Crippen molar-refractivity contribution in [3.63, 3.8) is 0 Å². The minimum Gasteiger partial charge on any atom is -0.489 e. The van der Waals surface area contributed by atoms with E-state index in [0.717, 1.165) is 39.5 Å². The Hall–Kier alpha value is -2.01. The van der Waals surface area contributed by atoms with Crippen LogP contribution in [0.1, 0.15) is 53.9 Å². The third-order valence-electron chi connectivity index (χ3n) is 5.85. The SMILES string of the molecule is Cc1c(OCc2cccnc2SC2CCC2)ccc(C2CC2C(=O)O)c1C. The maximum Gasteiger partial charge on any atom is 0.307 e. The van der Waals surface area contributed by atoms with Gasteiger partial charge in [0.2, 0.25) is 0 Å². The number of hydrogen-bond donors (Lipinski definition) is 1. The standard InChI is InChI=1S/C22H25NO3S/c1-13-14(2)20(9-8-17(13)18-11-19(18)22(24)25)26-12-15-5-4-10-23-21(15)27-16-6-3-7-16/h4-5,8-10,16,18-19H,3,6-7,11-12H2,1-2H3,(H,24,25). The fraction of sp³-hybridized carbons (Fsp3) is 0.455. The molecule has 0 saturated heterocycles. The molecule has 0 bridgehead atoms. The third kappa shape index (κ3) is 3.84. The number of carboxylic acids is 1. The molecule has 1 heterocycles. The Kier molecular flexibility index (Phi) is 5.13. The van der Waals surface area contributed by atoms with Gasteiger partial charge in [-0.15, -0.1) is 11.8 Å². The van der Waals surface area contributed by atoms with Crippen molar-refractivity contribution in [2.24, 2.45) is 5.92 Å². The summed E-state index contributed by atoms with van der Waals surface area (Å²) in [5.74, 6) is 0.105. The fourth-order valence-electron chi connectivity index (χ4n) is 3.63. The molecule has 1 N–H and O–H groups in total. The number of thioether (sulfide) groups is 1. The summed E-state index contributed by atoms with van der Waals surface area (Å²) in [7, 11) is 0. The molecule has 0 amide bonds. The number of carboxylic acid groups (broad SMARTS) is 1. The van der Waals surface area contributed by atoms with Crippen molar-refractivity contribution in [2.75, 3.05) is 0 Å². The molecule has 5 heteroatoms. The number of ether oxygens (including phenoxy) is 1. The van der Waals surface area contributed by atoms with E-state index in [1.54, 1.807) is 0 Å². The second-order valence-electron chi connectivity index (χ2n) is 7.62. The molecule has 2 aromatic rings. The van der Waals surface area contributed by atoms with Crippen LogP contribution in [0.3, 0.4) is 0 Å². The van der Waals surface area contributed by atoms with E-state index in [-0.39, 0.29) is 11.8 Å². The van der Waals surface area contributed by atoms with Crippen LogP contribution in [0.4, 0.5) is 0 Å². The van der Waals surface area contributed by atoms with Gasteiger partial charge in [0.05, 0.1) is 5.92 Å². The first-order valence-electron chi connectivity index (χ1n) is 9.61. The second-order valence-corrected chi connectivity index (χ2v) is 8.91. The summed E-state index contributed by atoms with van der Waals surface area (Å²) in [6.45, 7) is 4.62. The lowest BCUT2D eigenvalue weighted by molar-refractivity contribution is -0.138. The smallest absolute Gasteiger partial charge is 0.307 e. The van der Waals surface area contributed by atoms with Crippen LogP contribution in [0.15, 0.2) is 35.5 Å². The number of pyridine rings is 1. The predicted octanol–water partition coefficient (Wildman–Crippen LogP) is 5.11. The van der Waals surface area contributed by atoms with Gasteiger partial charge in [-0.2, -0.15) is 0 Å². The normalized spacial score (nSPS) is 21.6. The highest BCUT2D eigenvalue weighted by Gasteiger charge is 2.45. The van der Waals surface area contributed by atoms with Gasteiger partial charge in [-0.1, -0.05) is 18.6 Å². The van der Waals surface area contributed by atoms with E-state index in [2.05, 4.69) is 24.9 Å². The topological polar surface area (TPSA) is 59.4 Å². The Balaban J connectivity index is 1.46. The number of rotatable bonds is 7. The van der Waals surface area contributed by atoms with Crippen molar-refractivity contribution in [1.29, 1.82) is 0 Å². The number of aromatic nitrogens is 1. The van der Waals surface area contributed by atoms with Crippen LogP contribution in [0.5, 0.6) is 5.75 Å². The van der Waals surface area contributed by atoms with E-state index in [1.165, 1.54) is 19.3 Å². The van der Waals surface area contributed by atoms with Gasteiger partial charge >= 0.3 is 5.97 Å². The highest BCUT2D eigenvalue weighted by atomic mass is 32.2. The predicted molar refractivity (Wildman–Crippen MR) is 106 cm³/mol. The van der Waals surface area contributed by atoms with Crippen LogP contribution in [0.25, 0.3) is 0 Å². The highest BCUT2D eigenvalue weighted by molar-refractivity contribution is 8.00. The van der Waals surface area contributed by atoms with Crippen molar-refractivity contribution in [3.05, 3.63) is 52.7 Å². The molecule has 27 heavy (non-hydrogen) atoms. The van der Waals surface area contributed by atoms with Crippen LogP contribution in [-0.4, -0.2) is 21.3 Å². The number of hydrogen-bond acceptors (Lipinski definition) is 4. The van der Waals surface area contributed by atoms with Gasteiger partial charge < -0.3 is 9.84 Å². The van der Waals surface area contributed by atoms with E-state index in [4.69, 9.17) is 4.74 Å². The zero-order valence-electron chi connectivity index (χ0n) is 15.8. The Morgan fingerprint density at radius 1 is 1.26 bits per heavy atom. The van der Waals surface area contributed by atoms with Crippen LogP contribution in [-0.2, 0) is 11.4 Å². The quantitative estimate of drug-likeness (QED) is 0.720. The van der Waals surface area contributed by atoms with Crippen molar-refractivity contribution in [1.82, 2.24) is 4.98 Å². The Morgan fingerprint density at radius 2 is 2.07 bits per heavy atom. The summed E-state index contributed by atoms with van der Waals surface area (Å²) < 4.78 is 6.14. The minimum atomic E-state index is -0.689.